The number of hydrogen-bond acceptors (Lipinski definition) is 5. The summed E-state index contributed by atoms with van der Waals surface area (Å²) in [5.74, 6) is -0.123. The van der Waals surface area contributed by atoms with Gasteiger partial charge >= 0.3 is 0 Å². The molecule has 1 heterocycles. The molecule has 7 nitrogen and oxygen atoms in total. The molecule has 0 spiro atoms. The zero-order valence-corrected chi connectivity index (χ0v) is 19.2. The maximum absolute atomic E-state index is 13.8. The number of anilines is 1. The molecule has 0 saturated heterocycles. The van der Waals surface area contributed by atoms with Gasteiger partial charge in [0, 0.05) is 30.4 Å². The number of rotatable bonds is 7. The zero-order valence-electron chi connectivity index (χ0n) is 18.4. The van der Waals surface area contributed by atoms with Gasteiger partial charge in [0.2, 0.25) is 0 Å². The number of H-pyrrole nitrogens is 1. The third kappa shape index (κ3) is 5.55. The highest BCUT2D eigenvalue weighted by Gasteiger charge is 2.34. The third-order valence-electron chi connectivity index (χ3n) is 6.55. The summed E-state index contributed by atoms with van der Waals surface area (Å²) < 4.78 is 13.8. The van der Waals surface area contributed by atoms with Crippen molar-refractivity contribution in [2.45, 2.75) is 57.2 Å². The van der Waals surface area contributed by atoms with Crippen LogP contribution in [0.2, 0.25) is 5.02 Å². The smallest absolute Gasteiger partial charge is 0.261 e. The van der Waals surface area contributed by atoms with E-state index in [0.717, 1.165) is 31.2 Å². The molecule has 2 fully saturated rings. The number of benzene rings is 1. The van der Waals surface area contributed by atoms with Crippen molar-refractivity contribution in [3.8, 4) is 6.07 Å². The number of nitrogens with zero attached hydrogens (tertiary/aromatic N) is 2. The number of aromatic amines is 1. The Balaban J connectivity index is 1.52. The lowest BCUT2D eigenvalue weighted by Gasteiger charge is -2.35. The predicted molar refractivity (Wildman–Crippen MR) is 128 cm³/mol. The minimum Gasteiger partial charge on any atom is -0.383 e. The number of nitrogens with two attached hydrogens (primary N) is 1. The van der Waals surface area contributed by atoms with Crippen LogP contribution < -0.4 is 21.9 Å². The fraction of sp³-hybridized carbons (Fsp3) is 0.458. The van der Waals surface area contributed by atoms with E-state index in [1.807, 2.05) is 0 Å². The van der Waals surface area contributed by atoms with Crippen molar-refractivity contribution in [3.63, 3.8) is 0 Å². The molecule has 174 valence electrons. The lowest BCUT2D eigenvalue weighted by molar-refractivity contribution is 0.280. The van der Waals surface area contributed by atoms with Gasteiger partial charge in [-0.15, -0.1) is 0 Å². The van der Waals surface area contributed by atoms with E-state index < -0.39 is 11.4 Å². The molecule has 0 unspecified atom stereocenters. The van der Waals surface area contributed by atoms with Crippen LogP contribution in [0.25, 0.3) is 0 Å². The number of aromatic nitrogens is 1. The summed E-state index contributed by atoms with van der Waals surface area (Å²) in [6, 6.07) is 8.86. The standard InChI is InChI=1S/C24H28ClFN6O/c1-13(14-2-3-14)30-16-5-7-20(15(10-16)12-27)32-21-8-9-29-24(33)22(21)23(28)31-17-4-6-18(25)19(26)11-17/h4,6,8-9,11,13-16,20,30H,2-3,5,7,10H2,1H3,(H2,28,31)(H2,29,32,33)/t13-,15+,16+,20-/m0/s1. The van der Waals surface area contributed by atoms with Gasteiger partial charge in [0.1, 0.15) is 17.2 Å². The van der Waals surface area contributed by atoms with Crippen LogP contribution in [0, 0.1) is 29.0 Å². The van der Waals surface area contributed by atoms with E-state index in [4.69, 9.17) is 17.3 Å². The number of nitriles is 1. The topological polar surface area (TPSA) is 119 Å². The molecule has 4 atom stereocenters. The van der Waals surface area contributed by atoms with E-state index in [1.54, 1.807) is 6.07 Å². The Morgan fingerprint density at radius 3 is 2.82 bits per heavy atom. The average Bonchev–Trinajstić information content (AvgIpc) is 3.63. The van der Waals surface area contributed by atoms with Crippen molar-refractivity contribution >= 4 is 28.8 Å². The first-order valence-corrected chi connectivity index (χ1v) is 11.7. The quantitative estimate of drug-likeness (QED) is 0.359. The van der Waals surface area contributed by atoms with Gasteiger partial charge < -0.3 is 21.4 Å². The Labute approximate surface area is 197 Å². The van der Waals surface area contributed by atoms with Crippen molar-refractivity contribution in [2.75, 3.05) is 5.32 Å². The predicted octanol–water partition coefficient (Wildman–Crippen LogP) is 4.07. The van der Waals surface area contributed by atoms with Crippen molar-refractivity contribution in [1.82, 2.24) is 10.3 Å². The summed E-state index contributed by atoms with van der Waals surface area (Å²) in [5.41, 5.74) is 6.64. The van der Waals surface area contributed by atoms with E-state index in [9.17, 15) is 14.4 Å². The summed E-state index contributed by atoms with van der Waals surface area (Å²) in [6.45, 7) is 2.22. The monoisotopic (exact) mass is 470 g/mol. The molecular formula is C24H28ClFN6O. The van der Waals surface area contributed by atoms with E-state index in [1.165, 1.54) is 31.2 Å². The van der Waals surface area contributed by atoms with Crippen LogP contribution in [0.4, 0.5) is 15.8 Å². The summed E-state index contributed by atoms with van der Waals surface area (Å²) >= 11 is 5.73. The average molecular weight is 471 g/mol. The number of amidine groups is 1. The van der Waals surface area contributed by atoms with Crippen LogP contribution in [0.1, 0.15) is 44.6 Å². The number of aliphatic imine (C=N–C) groups is 1. The highest BCUT2D eigenvalue weighted by atomic mass is 35.5. The number of pyridine rings is 1. The van der Waals surface area contributed by atoms with E-state index in [2.05, 4.69) is 33.6 Å². The van der Waals surface area contributed by atoms with Gasteiger partial charge in [-0.1, -0.05) is 11.6 Å². The van der Waals surface area contributed by atoms with E-state index in [-0.39, 0.29) is 34.1 Å². The van der Waals surface area contributed by atoms with Crippen LogP contribution in [-0.2, 0) is 0 Å². The Kier molecular flexibility index (Phi) is 7.01. The van der Waals surface area contributed by atoms with E-state index >= 15 is 0 Å². The molecule has 5 N–H and O–H groups in total. The van der Waals surface area contributed by atoms with Gasteiger partial charge in [0.25, 0.3) is 5.56 Å². The molecule has 0 radical (unpaired) electrons. The maximum atomic E-state index is 13.8. The Hall–Kier alpha value is -2.89. The van der Waals surface area contributed by atoms with Crippen molar-refractivity contribution in [2.24, 2.45) is 22.6 Å². The summed E-state index contributed by atoms with van der Waals surface area (Å²) in [4.78, 5) is 19.4. The van der Waals surface area contributed by atoms with E-state index in [0.29, 0.717) is 17.8 Å². The Morgan fingerprint density at radius 1 is 1.33 bits per heavy atom. The Bertz CT molecular complexity index is 1140. The summed E-state index contributed by atoms with van der Waals surface area (Å²) in [5, 5.41) is 16.8. The third-order valence-corrected chi connectivity index (χ3v) is 6.86. The minimum absolute atomic E-state index is 0.0217. The number of hydrogen-bond donors (Lipinski definition) is 4. The normalized spacial score (nSPS) is 24.2. The van der Waals surface area contributed by atoms with Gasteiger partial charge in [-0.2, -0.15) is 5.26 Å². The first kappa shape index (κ1) is 23.3. The van der Waals surface area contributed by atoms with Crippen LogP contribution in [0.3, 0.4) is 0 Å². The fourth-order valence-corrected chi connectivity index (χ4v) is 4.66. The molecule has 2 aliphatic rings. The second kappa shape index (κ2) is 9.94. The lowest BCUT2D eigenvalue weighted by atomic mass is 9.81. The van der Waals surface area contributed by atoms with Gasteiger partial charge in [0.05, 0.1) is 28.4 Å². The van der Waals surface area contributed by atoms with Crippen molar-refractivity contribution < 1.29 is 4.39 Å². The van der Waals surface area contributed by atoms with Crippen LogP contribution in [-0.4, -0.2) is 28.9 Å². The molecule has 0 amide bonds. The minimum atomic E-state index is -0.621. The largest absolute Gasteiger partial charge is 0.383 e. The first-order chi connectivity index (χ1) is 15.9. The number of nitrogens with one attached hydrogen (secondary N) is 3. The summed E-state index contributed by atoms with van der Waals surface area (Å²) in [6.07, 6.45) is 6.57. The zero-order chi connectivity index (χ0) is 23.5. The molecule has 33 heavy (non-hydrogen) atoms. The molecule has 9 heteroatoms. The fourth-order valence-electron chi connectivity index (χ4n) is 4.54. The molecular weight excluding hydrogens is 443 g/mol. The van der Waals surface area contributed by atoms with Crippen LogP contribution in [0.5, 0.6) is 0 Å². The lowest BCUT2D eigenvalue weighted by Crippen LogP contribution is -2.46. The molecule has 1 aromatic heterocycles. The van der Waals surface area contributed by atoms with Gasteiger partial charge in [0.15, 0.2) is 0 Å². The van der Waals surface area contributed by atoms with Crippen LogP contribution >= 0.6 is 11.6 Å². The second-order valence-corrected chi connectivity index (χ2v) is 9.39. The van der Waals surface area contributed by atoms with Crippen LogP contribution in [0.15, 0.2) is 40.2 Å². The SMILES string of the molecule is C[C@H](N[C@@H]1CC[C@H](Nc2cc[nH]c(=O)c2C(N)=Nc2ccc(Cl)c(F)c2)[C@@H](C#N)C1)C1CC1. The second-order valence-electron chi connectivity index (χ2n) is 8.98. The first-order valence-electron chi connectivity index (χ1n) is 11.3. The van der Waals surface area contributed by atoms with Gasteiger partial charge in [-0.05, 0) is 63.1 Å². The summed E-state index contributed by atoms with van der Waals surface area (Å²) in [7, 11) is 0. The van der Waals surface area contributed by atoms with Gasteiger partial charge in [-0.3, -0.25) is 4.79 Å². The Morgan fingerprint density at radius 2 is 2.12 bits per heavy atom. The highest BCUT2D eigenvalue weighted by Crippen LogP contribution is 2.34. The molecule has 2 saturated carbocycles. The highest BCUT2D eigenvalue weighted by molar-refractivity contribution is 6.30. The van der Waals surface area contributed by atoms with Crippen molar-refractivity contribution in [3.05, 3.63) is 57.2 Å². The maximum Gasteiger partial charge on any atom is 0.261 e. The molecule has 1 aromatic carbocycles. The molecule has 0 bridgehead atoms. The molecule has 4 rings (SSSR count). The number of halogens is 2. The molecule has 0 aliphatic heterocycles. The van der Waals surface area contributed by atoms with Gasteiger partial charge in [-0.25, -0.2) is 9.38 Å². The molecule has 2 aromatic rings. The van der Waals surface area contributed by atoms with Crippen molar-refractivity contribution in [1.29, 1.82) is 5.26 Å². The molecule has 2 aliphatic carbocycles.